The third kappa shape index (κ3) is 2.44. The molecule has 4 nitrogen and oxygen atoms in total. The Kier molecular flexibility index (Phi) is 3.60. The first-order chi connectivity index (χ1) is 11.2. The van der Waals surface area contributed by atoms with Crippen LogP contribution in [0.2, 0.25) is 0 Å². The SMILES string of the molecule is CCN1CC2CC2(c2ccc(N3CCN(CC)C(=O)C3)cc2)C1. The van der Waals surface area contributed by atoms with Gasteiger partial charge in [0.05, 0.1) is 6.54 Å². The maximum absolute atomic E-state index is 12.1. The Hall–Kier alpha value is -1.55. The summed E-state index contributed by atoms with van der Waals surface area (Å²) in [4.78, 5) is 18.8. The van der Waals surface area contributed by atoms with Crippen LogP contribution in [0.5, 0.6) is 0 Å². The normalized spacial score (nSPS) is 30.7. The third-order valence-corrected chi connectivity index (χ3v) is 6.17. The average Bonchev–Trinajstić information content (AvgIpc) is 3.16. The lowest BCUT2D eigenvalue weighted by atomic mass is 9.94. The molecule has 2 aliphatic heterocycles. The fourth-order valence-electron chi connectivity index (χ4n) is 4.54. The molecule has 3 aliphatic rings. The molecule has 2 heterocycles. The van der Waals surface area contributed by atoms with Crippen molar-refractivity contribution in [3.05, 3.63) is 29.8 Å². The van der Waals surface area contributed by atoms with Gasteiger partial charge in [0.2, 0.25) is 5.91 Å². The van der Waals surface area contributed by atoms with Gasteiger partial charge in [0.15, 0.2) is 0 Å². The van der Waals surface area contributed by atoms with E-state index >= 15 is 0 Å². The van der Waals surface area contributed by atoms with Crippen molar-refractivity contribution < 1.29 is 4.79 Å². The number of hydrogen-bond acceptors (Lipinski definition) is 3. The molecule has 1 aromatic carbocycles. The van der Waals surface area contributed by atoms with Crippen molar-refractivity contribution in [2.24, 2.45) is 5.92 Å². The first-order valence-electron chi connectivity index (χ1n) is 9.02. The first kappa shape index (κ1) is 15.0. The Morgan fingerprint density at radius 1 is 1.13 bits per heavy atom. The highest BCUT2D eigenvalue weighted by Gasteiger charge is 2.60. The van der Waals surface area contributed by atoms with E-state index in [9.17, 15) is 4.79 Å². The summed E-state index contributed by atoms with van der Waals surface area (Å²) in [6, 6.07) is 9.07. The smallest absolute Gasteiger partial charge is 0.242 e. The van der Waals surface area contributed by atoms with Crippen LogP contribution < -0.4 is 4.90 Å². The van der Waals surface area contributed by atoms with E-state index in [4.69, 9.17) is 0 Å². The molecule has 1 aromatic rings. The summed E-state index contributed by atoms with van der Waals surface area (Å²) in [6.45, 7) is 11.1. The Morgan fingerprint density at radius 3 is 2.52 bits per heavy atom. The standard InChI is InChI=1S/C19H27N3O/c1-3-20-12-16-11-19(16,14-20)15-5-7-17(8-6-15)22-10-9-21(4-2)18(23)13-22/h5-8,16H,3-4,9-14H2,1-2H3. The van der Waals surface area contributed by atoms with Crippen LogP contribution in [0, 0.1) is 5.92 Å². The van der Waals surface area contributed by atoms with E-state index in [-0.39, 0.29) is 5.91 Å². The molecule has 4 heteroatoms. The van der Waals surface area contributed by atoms with E-state index < -0.39 is 0 Å². The van der Waals surface area contributed by atoms with Crippen molar-refractivity contribution in [3.8, 4) is 0 Å². The van der Waals surface area contributed by atoms with Crippen LogP contribution in [0.15, 0.2) is 24.3 Å². The summed E-state index contributed by atoms with van der Waals surface area (Å²) in [6.07, 6.45) is 1.36. The van der Waals surface area contributed by atoms with Gasteiger partial charge in [-0.2, -0.15) is 0 Å². The molecule has 4 rings (SSSR count). The number of carbonyl (C=O) groups excluding carboxylic acids is 1. The molecule has 2 unspecified atom stereocenters. The topological polar surface area (TPSA) is 26.8 Å². The molecule has 124 valence electrons. The molecule has 0 bridgehead atoms. The van der Waals surface area contributed by atoms with Crippen molar-refractivity contribution in [2.45, 2.75) is 25.7 Å². The van der Waals surface area contributed by atoms with Crippen LogP contribution in [0.1, 0.15) is 25.8 Å². The van der Waals surface area contributed by atoms with Gasteiger partial charge in [0, 0.05) is 43.8 Å². The number of piperidine rings is 1. The van der Waals surface area contributed by atoms with Gasteiger partial charge in [-0.25, -0.2) is 0 Å². The van der Waals surface area contributed by atoms with Crippen LogP contribution in [0.3, 0.4) is 0 Å². The number of carbonyl (C=O) groups is 1. The number of fused-ring (bicyclic) bond motifs is 1. The number of anilines is 1. The molecule has 3 fully saturated rings. The highest BCUT2D eigenvalue weighted by molar-refractivity contribution is 5.82. The quantitative estimate of drug-likeness (QED) is 0.850. The van der Waals surface area contributed by atoms with E-state index in [1.807, 2.05) is 4.90 Å². The number of hydrogen-bond donors (Lipinski definition) is 0. The van der Waals surface area contributed by atoms with E-state index in [0.717, 1.165) is 25.6 Å². The largest absolute Gasteiger partial charge is 0.360 e. The van der Waals surface area contributed by atoms with Gasteiger partial charge in [-0.05, 0) is 43.5 Å². The molecule has 2 atom stereocenters. The molecule has 0 spiro atoms. The van der Waals surface area contributed by atoms with E-state index in [1.54, 1.807) is 0 Å². The van der Waals surface area contributed by atoms with Crippen LogP contribution in [0.4, 0.5) is 5.69 Å². The fourth-order valence-corrected chi connectivity index (χ4v) is 4.54. The predicted octanol–water partition coefficient (Wildman–Crippen LogP) is 1.95. The van der Waals surface area contributed by atoms with Crippen molar-refractivity contribution in [1.82, 2.24) is 9.80 Å². The Bertz CT molecular complexity index is 599. The Balaban J connectivity index is 1.46. The summed E-state index contributed by atoms with van der Waals surface area (Å²) in [7, 11) is 0. The Morgan fingerprint density at radius 2 is 1.91 bits per heavy atom. The minimum absolute atomic E-state index is 0.248. The number of piperazine rings is 1. The lowest BCUT2D eigenvalue weighted by Crippen LogP contribution is -2.50. The first-order valence-corrected chi connectivity index (χ1v) is 9.02. The monoisotopic (exact) mass is 313 g/mol. The van der Waals surface area contributed by atoms with Crippen LogP contribution in [0.25, 0.3) is 0 Å². The van der Waals surface area contributed by atoms with Crippen molar-refractivity contribution in [3.63, 3.8) is 0 Å². The summed E-state index contributed by atoms with van der Waals surface area (Å²) in [5.74, 6) is 1.11. The molecule has 1 saturated carbocycles. The van der Waals surface area contributed by atoms with Gasteiger partial charge in [-0.1, -0.05) is 19.1 Å². The number of rotatable bonds is 4. The molecule has 23 heavy (non-hydrogen) atoms. The fraction of sp³-hybridized carbons (Fsp3) is 0.632. The average molecular weight is 313 g/mol. The number of likely N-dealkylation sites (tertiary alicyclic amines) is 1. The molecule has 0 radical (unpaired) electrons. The molecular weight excluding hydrogens is 286 g/mol. The van der Waals surface area contributed by atoms with Gasteiger partial charge in [-0.15, -0.1) is 0 Å². The Labute approximate surface area is 139 Å². The minimum atomic E-state index is 0.248. The van der Waals surface area contributed by atoms with E-state index in [1.165, 1.54) is 37.3 Å². The minimum Gasteiger partial charge on any atom is -0.360 e. The number of nitrogens with zero attached hydrogens (tertiary/aromatic N) is 3. The molecular formula is C19H27N3O. The van der Waals surface area contributed by atoms with Crippen LogP contribution in [-0.2, 0) is 10.2 Å². The second-order valence-electron chi connectivity index (χ2n) is 7.33. The van der Waals surface area contributed by atoms with E-state index in [2.05, 4.69) is 47.9 Å². The molecule has 1 amide bonds. The summed E-state index contributed by atoms with van der Waals surface area (Å²) >= 11 is 0. The van der Waals surface area contributed by atoms with E-state index in [0.29, 0.717) is 12.0 Å². The summed E-state index contributed by atoms with van der Waals surface area (Å²) in [5, 5.41) is 0. The lowest BCUT2D eigenvalue weighted by molar-refractivity contribution is -0.130. The molecule has 1 aliphatic carbocycles. The predicted molar refractivity (Wildman–Crippen MR) is 92.8 cm³/mol. The number of benzene rings is 1. The van der Waals surface area contributed by atoms with Gasteiger partial charge in [-0.3, -0.25) is 4.79 Å². The summed E-state index contributed by atoms with van der Waals surface area (Å²) in [5.41, 5.74) is 3.13. The number of amides is 1. The maximum Gasteiger partial charge on any atom is 0.242 e. The zero-order chi connectivity index (χ0) is 16.0. The van der Waals surface area contributed by atoms with Crippen molar-refractivity contribution in [2.75, 3.05) is 50.7 Å². The second-order valence-corrected chi connectivity index (χ2v) is 7.33. The van der Waals surface area contributed by atoms with Gasteiger partial charge in [0.1, 0.15) is 0 Å². The molecule has 0 aromatic heterocycles. The maximum atomic E-state index is 12.1. The highest BCUT2D eigenvalue weighted by atomic mass is 16.2. The lowest BCUT2D eigenvalue weighted by Gasteiger charge is -2.35. The highest BCUT2D eigenvalue weighted by Crippen LogP contribution is 2.58. The zero-order valence-corrected chi connectivity index (χ0v) is 14.3. The second kappa shape index (κ2) is 5.52. The van der Waals surface area contributed by atoms with Gasteiger partial charge < -0.3 is 14.7 Å². The van der Waals surface area contributed by atoms with Crippen molar-refractivity contribution in [1.29, 1.82) is 0 Å². The van der Waals surface area contributed by atoms with Crippen molar-refractivity contribution >= 4 is 11.6 Å². The van der Waals surface area contributed by atoms with Gasteiger partial charge >= 0.3 is 0 Å². The number of likely N-dealkylation sites (N-methyl/N-ethyl adjacent to an activating group) is 2. The van der Waals surface area contributed by atoms with Crippen LogP contribution in [-0.4, -0.2) is 61.5 Å². The third-order valence-electron chi connectivity index (χ3n) is 6.17. The molecule has 2 saturated heterocycles. The van der Waals surface area contributed by atoms with Gasteiger partial charge in [0.25, 0.3) is 0 Å². The summed E-state index contributed by atoms with van der Waals surface area (Å²) < 4.78 is 0. The van der Waals surface area contributed by atoms with Crippen LogP contribution >= 0.6 is 0 Å². The zero-order valence-electron chi connectivity index (χ0n) is 14.3. The molecule has 0 N–H and O–H groups in total.